The van der Waals surface area contributed by atoms with Crippen molar-refractivity contribution in [1.82, 2.24) is 0 Å². The zero-order valence-corrected chi connectivity index (χ0v) is 9.54. The summed E-state index contributed by atoms with van der Waals surface area (Å²) in [4.78, 5) is 0. The van der Waals surface area contributed by atoms with Gasteiger partial charge in [-0.25, -0.2) is 0 Å². The van der Waals surface area contributed by atoms with Crippen molar-refractivity contribution >= 4 is 36.1 Å². The van der Waals surface area contributed by atoms with E-state index in [0.29, 0.717) is 0 Å². The summed E-state index contributed by atoms with van der Waals surface area (Å²) in [6, 6.07) is 1.15. The lowest BCUT2D eigenvalue weighted by Crippen LogP contribution is -2.37. The van der Waals surface area contributed by atoms with E-state index in [9.17, 15) is 0 Å². The fourth-order valence-electron chi connectivity index (χ4n) is 0.520. The first kappa shape index (κ1) is 10.9. The lowest BCUT2D eigenvalue weighted by molar-refractivity contribution is 0.239. The molecule has 62 valence electrons. The van der Waals surface area contributed by atoms with E-state index in [0.717, 1.165) is 11.4 Å². The fourth-order valence-corrected chi connectivity index (χ4v) is 4.41. The molecule has 1 atom stereocenters. The zero-order chi connectivity index (χ0) is 8.04. The quantitative estimate of drug-likeness (QED) is 0.548. The molecule has 10 heavy (non-hydrogen) atoms. The van der Waals surface area contributed by atoms with Crippen molar-refractivity contribution in [2.24, 2.45) is 0 Å². The van der Waals surface area contributed by atoms with Crippen LogP contribution in [0.15, 0.2) is 0 Å². The van der Waals surface area contributed by atoms with Crippen LogP contribution in [-0.4, -0.2) is 27.1 Å². The number of hydrogen-bond donors (Lipinski definition) is 0. The molecule has 0 spiro atoms. The van der Waals surface area contributed by atoms with Gasteiger partial charge in [-0.3, -0.25) is 0 Å². The summed E-state index contributed by atoms with van der Waals surface area (Å²) in [6.45, 7) is 2.00. The van der Waals surface area contributed by atoms with Crippen LogP contribution in [0, 0.1) is 0 Å². The topological polar surface area (TPSA) is 18.5 Å². The van der Waals surface area contributed by atoms with Gasteiger partial charge in [0.25, 0.3) is 0 Å². The average Bonchev–Trinajstić information content (AvgIpc) is 1.89. The predicted molar refractivity (Wildman–Crippen MR) is 49.0 cm³/mol. The van der Waals surface area contributed by atoms with Gasteiger partial charge in [0.15, 0.2) is 0 Å². The van der Waals surface area contributed by atoms with Crippen molar-refractivity contribution in [2.75, 3.05) is 18.5 Å². The second-order valence-corrected chi connectivity index (χ2v) is 6.51. The zero-order valence-electron chi connectivity index (χ0n) is 6.19. The van der Waals surface area contributed by atoms with Crippen LogP contribution in [-0.2, 0) is 8.85 Å². The van der Waals surface area contributed by atoms with Gasteiger partial charge in [-0.2, -0.15) is 0 Å². The first-order valence-electron chi connectivity index (χ1n) is 2.99. The van der Waals surface area contributed by atoms with Crippen molar-refractivity contribution in [1.29, 1.82) is 0 Å². The highest BCUT2D eigenvalue weighted by Crippen LogP contribution is 2.13. The molecule has 0 saturated carbocycles. The lowest BCUT2D eigenvalue weighted by atomic mass is 11.0. The smallest absolute Gasteiger partial charge is 0.336 e. The number of rotatable bonds is 5. The lowest BCUT2D eigenvalue weighted by Gasteiger charge is -2.22. The van der Waals surface area contributed by atoms with Gasteiger partial charge in [0, 0.05) is 18.5 Å². The normalized spacial score (nSPS) is 16.8. The molecule has 0 rings (SSSR count). The molecule has 1 unspecified atom stereocenters. The molecule has 0 amide bonds. The largest absolute Gasteiger partial charge is 0.398 e. The van der Waals surface area contributed by atoms with Gasteiger partial charge in [0.1, 0.15) is 6.07 Å². The molecule has 0 aromatic heterocycles. The Bertz CT molecular complexity index is 87.7. The standard InChI is InChI=1S/C5H12BrClO2Si/c1-8-10(2,4-3-6)9-5-7/h3-5H2,1-2H3. The highest BCUT2D eigenvalue weighted by Gasteiger charge is 2.28. The van der Waals surface area contributed by atoms with E-state index < -0.39 is 8.56 Å². The van der Waals surface area contributed by atoms with E-state index in [1.165, 1.54) is 0 Å². The van der Waals surface area contributed by atoms with Gasteiger partial charge >= 0.3 is 8.56 Å². The molecular formula is C5H12BrClO2Si. The Kier molecular flexibility index (Phi) is 6.05. The molecule has 0 aromatic rings. The van der Waals surface area contributed by atoms with Gasteiger partial charge in [0.05, 0.1) is 0 Å². The van der Waals surface area contributed by atoms with E-state index in [-0.39, 0.29) is 6.07 Å². The Morgan fingerprint density at radius 1 is 1.60 bits per heavy atom. The maximum atomic E-state index is 5.42. The number of alkyl halides is 2. The third-order valence-electron chi connectivity index (χ3n) is 1.34. The third kappa shape index (κ3) is 3.93. The predicted octanol–water partition coefficient (Wildman–Crippen LogP) is 2.31. The van der Waals surface area contributed by atoms with Crippen LogP contribution in [0.2, 0.25) is 12.6 Å². The van der Waals surface area contributed by atoms with Crippen LogP contribution in [0.3, 0.4) is 0 Å². The molecule has 0 radical (unpaired) electrons. The summed E-state index contributed by atoms with van der Waals surface area (Å²) in [6.07, 6.45) is 0. The SMILES string of the molecule is CO[Si](C)(CCBr)OCCl. The summed E-state index contributed by atoms with van der Waals surface area (Å²) >= 11 is 8.75. The molecule has 0 bridgehead atoms. The van der Waals surface area contributed by atoms with Crippen molar-refractivity contribution in [3.63, 3.8) is 0 Å². The highest BCUT2D eigenvalue weighted by molar-refractivity contribution is 9.09. The number of hydrogen-bond acceptors (Lipinski definition) is 2. The van der Waals surface area contributed by atoms with Crippen LogP contribution in [0.5, 0.6) is 0 Å². The molecule has 0 aliphatic carbocycles. The Morgan fingerprint density at radius 2 is 2.20 bits per heavy atom. The van der Waals surface area contributed by atoms with Gasteiger partial charge in [-0.15, -0.1) is 0 Å². The minimum absolute atomic E-state index is 0.226. The molecule has 0 saturated heterocycles. The molecular weight excluding hydrogens is 235 g/mol. The highest BCUT2D eigenvalue weighted by atomic mass is 79.9. The first-order chi connectivity index (χ1) is 4.68. The Hall–Kier alpha value is 0.907. The van der Waals surface area contributed by atoms with Gasteiger partial charge < -0.3 is 8.85 Å². The Labute approximate surface area is 76.2 Å². The second kappa shape index (κ2) is 5.54. The van der Waals surface area contributed by atoms with Crippen LogP contribution in [0.25, 0.3) is 0 Å². The molecule has 0 N–H and O–H groups in total. The van der Waals surface area contributed by atoms with Gasteiger partial charge in [0.2, 0.25) is 0 Å². The maximum absolute atomic E-state index is 5.42. The molecule has 5 heteroatoms. The second-order valence-electron chi connectivity index (χ2n) is 2.03. The van der Waals surface area contributed by atoms with Crippen LogP contribution < -0.4 is 0 Å². The Morgan fingerprint density at radius 3 is 2.50 bits per heavy atom. The molecule has 0 fully saturated rings. The van der Waals surface area contributed by atoms with E-state index in [2.05, 4.69) is 15.9 Å². The third-order valence-corrected chi connectivity index (χ3v) is 5.54. The van der Waals surface area contributed by atoms with Crippen molar-refractivity contribution in [2.45, 2.75) is 12.6 Å². The minimum Gasteiger partial charge on any atom is -0.398 e. The van der Waals surface area contributed by atoms with E-state index >= 15 is 0 Å². The summed E-state index contributed by atoms with van der Waals surface area (Å²) in [5, 5.41) is 0.903. The van der Waals surface area contributed by atoms with Gasteiger partial charge in [-0.05, 0) is 6.55 Å². The van der Waals surface area contributed by atoms with Gasteiger partial charge in [-0.1, -0.05) is 27.5 Å². The van der Waals surface area contributed by atoms with E-state index in [1.807, 2.05) is 6.55 Å². The average molecular weight is 248 g/mol. The minimum atomic E-state index is -1.90. The summed E-state index contributed by atoms with van der Waals surface area (Å²) < 4.78 is 10.5. The van der Waals surface area contributed by atoms with Crippen LogP contribution in [0.1, 0.15) is 0 Å². The molecule has 0 heterocycles. The van der Waals surface area contributed by atoms with Crippen LogP contribution in [0.4, 0.5) is 0 Å². The summed E-state index contributed by atoms with van der Waals surface area (Å²) in [7, 11) is -0.234. The summed E-state index contributed by atoms with van der Waals surface area (Å²) in [5.74, 6) is 0. The number of halogens is 2. The monoisotopic (exact) mass is 246 g/mol. The fraction of sp³-hybridized carbons (Fsp3) is 1.00. The molecule has 0 aromatic carbocycles. The van der Waals surface area contributed by atoms with Crippen molar-refractivity contribution in [3.8, 4) is 0 Å². The van der Waals surface area contributed by atoms with E-state index in [1.54, 1.807) is 7.11 Å². The molecule has 0 aliphatic rings. The molecule has 0 aliphatic heterocycles. The Balaban J connectivity index is 3.69. The maximum Gasteiger partial charge on any atom is 0.336 e. The van der Waals surface area contributed by atoms with Crippen LogP contribution >= 0.6 is 27.5 Å². The molecule has 2 nitrogen and oxygen atoms in total. The van der Waals surface area contributed by atoms with Crippen molar-refractivity contribution < 1.29 is 8.85 Å². The van der Waals surface area contributed by atoms with Crippen molar-refractivity contribution in [3.05, 3.63) is 0 Å². The van der Waals surface area contributed by atoms with E-state index in [4.69, 9.17) is 20.5 Å². The first-order valence-corrected chi connectivity index (χ1v) is 7.17. The summed E-state index contributed by atoms with van der Waals surface area (Å²) in [5.41, 5.74) is 0.